The summed E-state index contributed by atoms with van der Waals surface area (Å²) >= 11 is 1.23. The van der Waals surface area contributed by atoms with Crippen LogP contribution in [0.3, 0.4) is 0 Å². The summed E-state index contributed by atoms with van der Waals surface area (Å²) in [5.41, 5.74) is 2.02. The third-order valence-corrected chi connectivity index (χ3v) is 4.59. The lowest BCUT2D eigenvalue weighted by Gasteiger charge is -2.09. The summed E-state index contributed by atoms with van der Waals surface area (Å²) in [4.78, 5) is 30.2. The minimum absolute atomic E-state index is 0.129. The average molecular weight is 363 g/mol. The zero-order chi connectivity index (χ0) is 18.2. The summed E-state index contributed by atoms with van der Waals surface area (Å²) in [5, 5.41) is 3.38. The van der Waals surface area contributed by atoms with E-state index in [0.29, 0.717) is 23.9 Å². The summed E-state index contributed by atoms with van der Waals surface area (Å²) < 4.78 is 10.1. The van der Waals surface area contributed by atoms with Gasteiger partial charge in [0.2, 0.25) is 5.91 Å². The first kappa shape index (κ1) is 19.0. The Bertz CT molecular complexity index is 774. The van der Waals surface area contributed by atoms with E-state index in [4.69, 9.17) is 9.47 Å². The molecule has 0 saturated carbocycles. The minimum atomic E-state index is -0.446. The van der Waals surface area contributed by atoms with Gasteiger partial charge in [-0.15, -0.1) is 0 Å². The van der Waals surface area contributed by atoms with Crippen LogP contribution in [-0.4, -0.2) is 35.8 Å². The number of hydrogen-bond acceptors (Lipinski definition) is 6. The minimum Gasteiger partial charge on any atom is -0.497 e. The molecule has 0 aliphatic rings. The second-order valence-corrected chi connectivity index (χ2v) is 6.26. The smallest absolute Gasteiger partial charge is 0.346 e. The number of thioether (sulfide) groups is 1. The van der Waals surface area contributed by atoms with E-state index in [1.807, 2.05) is 31.2 Å². The maximum atomic E-state index is 12.0. The first-order valence-electron chi connectivity index (χ1n) is 7.64. The van der Waals surface area contributed by atoms with Crippen molar-refractivity contribution >= 4 is 17.7 Å². The molecule has 0 aliphatic carbocycles. The maximum absolute atomic E-state index is 12.0. The third kappa shape index (κ3) is 5.61. The Kier molecular flexibility index (Phi) is 7.03. The Morgan fingerprint density at radius 1 is 1.28 bits per heavy atom. The van der Waals surface area contributed by atoms with Crippen LogP contribution in [-0.2, 0) is 22.7 Å². The molecule has 0 atom stereocenters. The van der Waals surface area contributed by atoms with Crippen LogP contribution in [0.5, 0.6) is 5.75 Å². The number of aromatic amines is 1. The summed E-state index contributed by atoms with van der Waals surface area (Å²) in [5.74, 6) is 0.823. The highest BCUT2D eigenvalue weighted by atomic mass is 32.2. The van der Waals surface area contributed by atoms with E-state index >= 15 is 0 Å². The second-order valence-electron chi connectivity index (χ2n) is 5.30. The Labute approximate surface area is 150 Å². The molecule has 134 valence electrons. The zero-order valence-corrected chi connectivity index (χ0v) is 15.2. The Morgan fingerprint density at radius 3 is 2.64 bits per heavy atom. The number of aromatic nitrogens is 2. The van der Waals surface area contributed by atoms with E-state index in [2.05, 4.69) is 15.3 Å². The van der Waals surface area contributed by atoms with Crippen LogP contribution < -0.4 is 15.7 Å². The Morgan fingerprint density at radius 2 is 2.00 bits per heavy atom. The number of rotatable bonds is 8. The van der Waals surface area contributed by atoms with Gasteiger partial charge in [0.05, 0.1) is 25.2 Å². The number of methoxy groups -OCH3 is 2. The molecule has 2 rings (SSSR count). The number of nitrogens with zero attached hydrogens (tertiary/aromatic N) is 1. The van der Waals surface area contributed by atoms with Crippen LogP contribution in [0, 0.1) is 6.92 Å². The van der Waals surface area contributed by atoms with Crippen molar-refractivity contribution in [3.05, 3.63) is 51.6 Å². The number of carbonyl (C=O) groups excluding carboxylic acids is 1. The first-order chi connectivity index (χ1) is 12.0. The van der Waals surface area contributed by atoms with Crippen molar-refractivity contribution in [2.24, 2.45) is 0 Å². The Hall–Kier alpha value is -2.32. The van der Waals surface area contributed by atoms with Gasteiger partial charge in [-0.3, -0.25) is 4.79 Å². The second kappa shape index (κ2) is 9.24. The highest BCUT2D eigenvalue weighted by Crippen LogP contribution is 2.20. The maximum Gasteiger partial charge on any atom is 0.346 e. The molecule has 1 aromatic heterocycles. The number of amides is 1. The van der Waals surface area contributed by atoms with Crippen molar-refractivity contribution in [3.63, 3.8) is 0 Å². The molecule has 0 bridgehead atoms. The highest BCUT2D eigenvalue weighted by molar-refractivity contribution is 7.99. The standard InChI is InChI=1S/C17H21N3O4S/c1-11-14(9-23-2)19-17(22)20-16(11)25-10-15(21)18-8-12-4-6-13(24-3)7-5-12/h4-7H,8-10H2,1-3H3,(H,18,21)(H,19,20,22). The van der Waals surface area contributed by atoms with Crippen molar-refractivity contribution in [2.75, 3.05) is 20.0 Å². The van der Waals surface area contributed by atoms with Crippen LogP contribution in [0.4, 0.5) is 0 Å². The van der Waals surface area contributed by atoms with Crippen LogP contribution >= 0.6 is 11.8 Å². The van der Waals surface area contributed by atoms with Crippen LogP contribution in [0.15, 0.2) is 34.1 Å². The van der Waals surface area contributed by atoms with Crippen LogP contribution in [0.2, 0.25) is 0 Å². The molecule has 0 radical (unpaired) electrons. The highest BCUT2D eigenvalue weighted by Gasteiger charge is 2.11. The SMILES string of the molecule is COCc1[nH]c(=O)nc(SCC(=O)NCc2ccc(OC)cc2)c1C. The van der Waals surface area contributed by atoms with Crippen molar-refractivity contribution in [1.82, 2.24) is 15.3 Å². The molecule has 7 nitrogen and oxygen atoms in total. The van der Waals surface area contributed by atoms with E-state index in [1.165, 1.54) is 11.8 Å². The lowest BCUT2D eigenvalue weighted by molar-refractivity contribution is -0.118. The predicted octanol–water partition coefficient (Wildman–Crippen LogP) is 1.64. The quantitative estimate of drug-likeness (QED) is 0.547. The lowest BCUT2D eigenvalue weighted by Crippen LogP contribution is -2.25. The summed E-state index contributed by atoms with van der Waals surface area (Å²) in [6.45, 7) is 2.57. The number of H-pyrrole nitrogens is 1. The first-order valence-corrected chi connectivity index (χ1v) is 8.63. The third-order valence-electron chi connectivity index (χ3n) is 3.51. The molecule has 0 fully saturated rings. The van der Waals surface area contributed by atoms with Crippen molar-refractivity contribution in [3.8, 4) is 5.75 Å². The lowest BCUT2D eigenvalue weighted by atomic mass is 10.2. The van der Waals surface area contributed by atoms with Crippen molar-refractivity contribution in [1.29, 1.82) is 0 Å². The van der Waals surface area contributed by atoms with Gasteiger partial charge in [-0.2, -0.15) is 4.98 Å². The summed E-state index contributed by atoms with van der Waals surface area (Å²) in [6.07, 6.45) is 0. The largest absolute Gasteiger partial charge is 0.497 e. The van der Waals surface area contributed by atoms with E-state index in [1.54, 1.807) is 14.2 Å². The van der Waals surface area contributed by atoms with Crippen molar-refractivity contribution in [2.45, 2.75) is 25.1 Å². The number of ether oxygens (including phenoxy) is 2. The van der Waals surface area contributed by atoms with E-state index < -0.39 is 5.69 Å². The van der Waals surface area contributed by atoms with Gasteiger partial charge in [0.25, 0.3) is 0 Å². The fourth-order valence-electron chi connectivity index (χ4n) is 2.11. The van der Waals surface area contributed by atoms with E-state index in [-0.39, 0.29) is 11.7 Å². The van der Waals surface area contributed by atoms with Gasteiger partial charge in [-0.1, -0.05) is 23.9 Å². The molecule has 1 amide bonds. The van der Waals surface area contributed by atoms with Gasteiger partial charge in [-0.05, 0) is 24.6 Å². The van der Waals surface area contributed by atoms with Gasteiger partial charge >= 0.3 is 5.69 Å². The van der Waals surface area contributed by atoms with Crippen molar-refractivity contribution < 1.29 is 14.3 Å². The molecule has 0 unspecified atom stereocenters. The number of carbonyl (C=O) groups is 1. The van der Waals surface area contributed by atoms with Gasteiger partial charge in [0.15, 0.2) is 0 Å². The fourth-order valence-corrected chi connectivity index (χ4v) is 2.97. The zero-order valence-electron chi connectivity index (χ0n) is 14.4. The molecule has 2 aromatic rings. The summed E-state index contributed by atoms with van der Waals surface area (Å²) in [7, 11) is 3.16. The molecular weight excluding hydrogens is 342 g/mol. The molecule has 0 spiro atoms. The molecule has 1 aromatic carbocycles. The van der Waals surface area contributed by atoms with Gasteiger partial charge in [0, 0.05) is 19.2 Å². The Balaban J connectivity index is 1.90. The van der Waals surface area contributed by atoms with Crippen LogP contribution in [0.1, 0.15) is 16.8 Å². The van der Waals surface area contributed by atoms with E-state index in [9.17, 15) is 9.59 Å². The average Bonchev–Trinajstić information content (AvgIpc) is 2.62. The van der Waals surface area contributed by atoms with Gasteiger partial charge < -0.3 is 19.8 Å². The number of hydrogen-bond donors (Lipinski definition) is 2. The molecule has 25 heavy (non-hydrogen) atoms. The molecular formula is C17H21N3O4S. The molecule has 0 aliphatic heterocycles. The molecule has 8 heteroatoms. The van der Waals surface area contributed by atoms with Gasteiger partial charge in [-0.25, -0.2) is 4.79 Å². The van der Waals surface area contributed by atoms with Gasteiger partial charge in [0.1, 0.15) is 10.8 Å². The number of nitrogens with one attached hydrogen (secondary N) is 2. The molecule has 0 saturated heterocycles. The normalized spacial score (nSPS) is 10.5. The predicted molar refractivity (Wildman–Crippen MR) is 95.9 cm³/mol. The molecule has 1 heterocycles. The summed E-state index contributed by atoms with van der Waals surface area (Å²) in [6, 6.07) is 7.48. The van der Waals surface area contributed by atoms with E-state index in [0.717, 1.165) is 16.9 Å². The van der Waals surface area contributed by atoms with Crippen LogP contribution in [0.25, 0.3) is 0 Å². The fraction of sp³-hybridized carbons (Fsp3) is 0.353. The number of benzene rings is 1. The molecule has 2 N–H and O–H groups in total. The topological polar surface area (TPSA) is 93.3 Å². The monoisotopic (exact) mass is 363 g/mol.